The molecular formula is C14H10ClN3O. The van der Waals surface area contributed by atoms with Gasteiger partial charge in [0.15, 0.2) is 5.82 Å². The van der Waals surface area contributed by atoms with E-state index in [-0.39, 0.29) is 0 Å². The lowest BCUT2D eigenvalue weighted by Crippen LogP contribution is -2.06. The van der Waals surface area contributed by atoms with Gasteiger partial charge < -0.3 is 4.57 Å². The average molecular weight is 272 g/mol. The van der Waals surface area contributed by atoms with Crippen LogP contribution in [0.4, 0.5) is 0 Å². The molecule has 0 aliphatic carbocycles. The van der Waals surface area contributed by atoms with Gasteiger partial charge in [-0.15, -0.1) is 0 Å². The number of hydrogen-bond acceptors (Lipinski definition) is 2. The summed E-state index contributed by atoms with van der Waals surface area (Å²) in [6, 6.07) is 13.4. The predicted octanol–water partition coefficient (Wildman–Crippen LogP) is 3.04. The van der Waals surface area contributed by atoms with Gasteiger partial charge in [0.2, 0.25) is 0 Å². The Morgan fingerprint density at radius 2 is 1.74 bits per heavy atom. The number of rotatable bonds is 3. The third-order valence-electron chi connectivity index (χ3n) is 2.81. The molecule has 0 atom stereocenters. The molecule has 0 saturated heterocycles. The fourth-order valence-electron chi connectivity index (χ4n) is 1.96. The number of hydrogen-bond donors (Lipinski definition) is 0. The van der Waals surface area contributed by atoms with Gasteiger partial charge in [0.05, 0.1) is 17.4 Å². The fraction of sp³-hybridized carbons (Fsp3) is 0. The molecule has 0 radical (unpaired) electrons. The van der Waals surface area contributed by atoms with Crippen molar-refractivity contribution in [1.82, 2.24) is 14.3 Å². The van der Waals surface area contributed by atoms with Crippen LogP contribution in [0.2, 0.25) is 0 Å². The Kier molecular flexibility index (Phi) is 2.93. The van der Waals surface area contributed by atoms with E-state index < -0.39 is 5.24 Å². The highest BCUT2D eigenvalue weighted by molar-refractivity contribution is 6.68. The van der Waals surface area contributed by atoms with Crippen LogP contribution < -0.4 is 0 Å². The molecular weight excluding hydrogens is 262 g/mol. The maximum Gasteiger partial charge on any atom is 0.257 e. The van der Waals surface area contributed by atoms with Gasteiger partial charge in [-0.3, -0.25) is 4.79 Å². The second kappa shape index (κ2) is 4.74. The molecule has 0 amide bonds. The van der Waals surface area contributed by atoms with Crippen molar-refractivity contribution in [3.63, 3.8) is 0 Å². The van der Waals surface area contributed by atoms with E-state index in [1.54, 1.807) is 4.68 Å². The van der Waals surface area contributed by atoms with E-state index in [2.05, 4.69) is 5.10 Å². The Balaban J connectivity index is 2.24. The molecule has 0 bridgehead atoms. The number of carbonyl (C=O) groups excluding carboxylic acids is 1. The highest BCUT2D eigenvalue weighted by Crippen LogP contribution is 2.20. The molecule has 5 heteroatoms. The summed E-state index contributed by atoms with van der Waals surface area (Å²) in [4.78, 5) is 11.5. The van der Waals surface area contributed by atoms with Gasteiger partial charge in [0.25, 0.3) is 5.24 Å². The Bertz CT molecular complexity index is 702. The third-order valence-corrected chi connectivity index (χ3v) is 3.01. The van der Waals surface area contributed by atoms with E-state index >= 15 is 0 Å². The summed E-state index contributed by atoms with van der Waals surface area (Å²) in [5, 5.41) is 3.73. The normalized spacial score (nSPS) is 10.6. The van der Waals surface area contributed by atoms with Crippen molar-refractivity contribution in [3.05, 3.63) is 66.6 Å². The van der Waals surface area contributed by atoms with Crippen LogP contribution in [-0.4, -0.2) is 19.6 Å². The van der Waals surface area contributed by atoms with Crippen LogP contribution in [0.25, 0.3) is 11.5 Å². The van der Waals surface area contributed by atoms with Crippen LogP contribution >= 0.6 is 11.6 Å². The summed E-state index contributed by atoms with van der Waals surface area (Å²) in [7, 11) is 0. The standard InChI is InChI=1S/C14H10ClN3O/c15-13(19)12-10-16-18(11-6-2-1-3-7-11)14(12)17-8-4-5-9-17/h1-10H. The van der Waals surface area contributed by atoms with Gasteiger partial charge in [0, 0.05) is 12.4 Å². The molecule has 19 heavy (non-hydrogen) atoms. The molecule has 0 fully saturated rings. The first-order valence-electron chi connectivity index (χ1n) is 5.74. The SMILES string of the molecule is O=C(Cl)c1cnn(-c2ccccc2)c1-n1cccc1. The minimum Gasteiger partial charge on any atom is -0.308 e. The maximum absolute atomic E-state index is 11.5. The van der Waals surface area contributed by atoms with Crippen LogP contribution in [0.15, 0.2) is 61.1 Å². The second-order valence-corrected chi connectivity index (χ2v) is 4.34. The molecule has 0 saturated carbocycles. The van der Waals surface area contributed by atoms with Crippen LogP contribution in [0.1, 0.15) is 10.4 Å². The number of nitrogens with zero attached hydrogens (tertiary/aromatic N) is 3. The first kappa shape index (κ1) is 11.7. The second-order valence-electron chi connectivity index (χ2n) is 3.99. The quantitative estimate of drug-likeness (QED) is 0.687. The van der Waals surface area contributed by atoms with E-state index in [1.165, 1.54) is 6.20 Å². The minimum atomic E-state index is -0.522. The van der Waals surface area contributed by atoms with Gasteiger partial charge in [-0.2, -0.15) is 5.10 Å². The molecule has 0 aliphatic rings. The zero-order valence-corrected chi connectivity index (χ0v) is 10.7. The molecule has 0 spiro atoms. The molecule has 4 nitrogen and oxygen atoms in total. The summed E-state index contributed by atoms with van der Waals surface area (Å²) in [5.74, 6) is 0.635. The third kappa shape index (κ3) is 2.06. The number of benzene rings is 1. The van der Waals surface area contributed by atoms with Crippen LogP contribution in [0, 0.1) is 0 Å². The first-order chi connectivity index (χ1) is 9.27. The summed E-state index contributed by atoms with van der Waals surface area (Å²) in [5.41, 5.74) is 1.25. The summed E-state index contributed by atoms with van der Waals surface area (Å²) in [6.45, 7) is 0. The molecule has 0 unspecified atom stereocenters. The van der Waals surface area contributed by atoms with Crippen molar-refractivity contribution in [2.24, 2.45) is 0 Å². The van der Waals surface area contributed by atoms with Crippen molar-refractivity contribution in [2.75, 3.05) is 0 Å². The molecule has 2 heterocycles. The highest BCUT2D eigenvalue weighted by atomic mass is 35.5. The number of aromatic nitrogens is 3. The molecule has 3 rings (SSSR count). The molecule has 3 aromatic rings. The maximum atomic E-state index is 11.5. The van der Waals surface area contributed by atoms with E-state index in [4.69, 9.17) is 11.6 Å². The van der Waals surface area contributed by atoms with Gasteiger partial charge in [-0.25, -0.2) is 4.68 Å². The summed E-state index contributed by atoms with van der Waals surface area (Å²) >= 11 is 5.62. The number of carbonyl (C=O) groups is 1. The summed E-state index contributed by atoms with van der Waals surface area (Å²) in [6.07, 6.45) is 5.18. The Morgan fingerprint density at radius 3 is 2.37 bits per heavy atom. The lowest BCUT2D eigenvalue weighted by Gasteiger charge is -2.09. The van der Waals surface area contributed by atoms with Crippen molar-refractivity contribution in [2.45, 2.75) is 0 Å². The van der Waals surface area contributed by atoms with Crippen molar-refractivity contribution in [1.29, 1.82) is 0 Å². The molecule has 94 valence electrons. The molecule has 2 aromatic heterocycles. The predicted molar refractivity (Wildman–Crippen MR) is 73.1 cm³/mol. The van der Waals surface area contributed by atoms with Crippen molar-refractivity contribution in [3.8, 4) is 11.5 Å². The molecule has 0 N–H and O–H groups in total. The fourth-order valence-corrected chi connectivity index (χ4v) is 2.10. The zero-order chi connectivity index (χ0) is 13.2. The Labute approximate surface area is 114 Å². The lowest BCUT2D eigenvalue weighted by atomic mass is 10.3. The Morgan fingerprint density at radius 1 is 1.05 bits per heavy atom. The van der Waals surface area contributed by atoms with Gasteiger partial charge in [-0.05, 0) is 35.9 Å². The number of para-hydroxylation sites is 1. The van der Waals surface area contributed by atoms with Crippen LogP contribution in [-0.2, 0) is 0 Å². The van der Waals surface area contributed by atoms with Gasteiger partial charge in [0.1, 0.15) is 0 Å². The average Bonchev–Trinajstić information content (AvgIpc) is 3.08. The van der Waals surface area contributed by atoms with E-state index in [9.17, 15) is 4.79 Å². The van der Waals surface area contributed by atoms with Crippen LogP contribution in [0.3, 0.4) is 0 Å². The molecule has 0 aliphatic heterocycles. The lowest BCUT2D eigenvalue weighted by molar-refractivity contribution is 0.108. The van der Waals surface area contributed by atoms with Gasteiger partial charge in [-0.1, -0.05) is 18.2 Å². The summed E-state index contributed by atoms with van der Waals surface area (Å²) < 4.78 is 3.51. The van der Waals surface area contributed by atoms with Crippen molar-refractivity contribution >= 4 is 16.8 Å². The smallest absolute Gasteiger partial charge is 0.257 e. The molecule has 1 aromatic carbocycles. The first-order valence-corrected chi connectivity index (χ1v) is 6.12. The van der Waals surface area contributed by atoms with E-state index in [1.807, 2.05) is 59.4 Å². The topological polar surface area (TPSA) is 39.8 Å². The monoisotopic (exact) mass is 271 g/mol. The van der Waals surface area contributed by atoms with Gasteiger partial charge >= 0.3 is 0 Å². The number of halogens is 1. The van der Waals surface area contributed by atoms with E-state index in [0.29, 0.717) is 11.4 Å². The van der Waals surface area contributed by atoms with E-state index in [0.717, 1.165) is 5.69 Å². The Hall–Kier alpha value is -2.33. The zero-order valence-electron chi connectivity index (χ0n) is 9.90. The highest BCUT2D eigenvalue weighted by Gasteiger charge is 2.17. The van der Waals surface area contributed by atoms with Crippen molar-refractivity contribution < 1.29 is 4.79 Å². The largest absolute Gasteiger partial charge is 0.308 e. The minimum absolute atomic E-state index is 0.377. The van der Waals surface area contributed by atoms with Crippen LogP contribution in [0.5, 0.6) is 0 Å².